The van der Waals surface area contributed by atoms with Crippen molar-refractivity contribution in [2.45, 2.75) is 64.8 Å². The van der Waals surface area contributed by atoms with Gasteiger partial charge in [-0.2, -0.15) is 0 Å². The number of hydrogen-bond donors (Lipinski definition) is 2. The highest BCUT2D eigenvalue weighted by atomic mass is 16.6. The standard InChI is InChI=1S/C29H37N3O7/c1-5-25(33)38-22-13-11-20(12-14-22)17-23(31-27(35)37-19-21-9-7-6-8-10-21)26(34)24-18-30-15-16-32(24)28(36)39-29(2,3)4/h6-14,23-24,30H,5,15-19H2,1-4H3,(H,31,35)/t23-,24?/m0/s1. The van der Waals surface area contributed by atoms with E-state index in [0.29, 0.717) is 12.3 Å². The molecule has 2 aromatic rings. The number of esters is 1. The van der Waals surface area contributed by atoms with Crippen molar-refractivity contribution in [1.29, 1.82) is 0 Å². The number of Topliss-reactive ketones (excluding diaryl/α,β-unsaturated/α-hetero) is 1. The van der Waals surface area contributed by atoms with Crippen molar-refractivity contribution in [3.63, 3.8) is 0 Å². The minimum atomic E-state index is -0.993. The van der Waals surface area contributed by atoms with Gasteiger partial charge in [-0.1, -0.05) is 49.4 Å². The van der Waals surface area contributed by atoms with Crippen molar-refractivity contribution < 1.29 is 33.4 Å². The Morgan fingerprint density at radius 3 is 2.36 bits per heavy atom. The Labute approximate surface area is 229 Å². The molecule has 3 rings (SSSR count). The molecular weight excluding hydrogens is 502 g/mol. The molecule has 0 spiro atoms. The molecule has 1 aliphatic heterocycles. The van der Waals surface area contributed by atoms with Crippen LogP contribution in [0.1, 0.15) is 45.2 Å². The highest BCUT2D eigenvalue weighted by Crippen LogP contribution is 2.18. The van der Waals surface area contributed by atoms with Gasteiger partial charge in [0.25, 0.3) is 0 Å². The van der Waals surface area contributed by atoms with E-state index in [2.05, 4.69) is 10.6 Å². The van der Waals surface area contributed by atoms with E-state index in [1.54, 1.807) is 52.0 Å². The Bertz CT molecular complexity index is 1130. The number of benzene rings is 2. The van der Waals surface area contributed by atoms with Crippen LogP contribution in [0.15, 0.2) is 54.6 Å². The Morgan fingerprint density at radius 1 is 1.03 bits per heavy atom. The number of ether oxygens (including phenoxy) is 3. The van der Waals surface area contributed by atoms with E-state index in [0.717, 1.165) is 11.1 Å². The molecule has 0 saturated carbocycles. The number of alkyl carbamates (subject to hydrolysis) is 1. The first-order valence-electron chi connectivity index (χ1n) is 13.1. The molecule has 10 nitrogen and oxygen atoms in total. The third-order valence-electron chi connectivity index (χ3n) is 5.93. The Morgan fingerprint density at radius 2 is 1.72 bits per heavy atom. The maximum Gasteiger partial charge on any atom is 0.410 e. The molecule has 1 heterocycles. The Kier molecular flexibility index (Phi) is 10.4. The average Bonchev–Trinajstić information content (AvgIpc) is 2.91. The predicted molar refractivity (Wildman–Crippen MR) is 144 cm³/mol. The van der Waals surface area contributed by atoms with Crippen LogP contribution in [0, 0.1) is 0 Å². The average molecular weight is 540 g/mol. The number of hydrogen-bond acceptors (Lipinski definition) is 8. The van der Waals surface area contributed by atoms with Crippen molar-refractivity contribution in [2.24, 2.45) is 0 Å². The first-order valence-corrected chi connectivity index (χ1v) is 13.1. The lowest BCUT2D eigenvalue weighted by Crippen LogP contribution is -2.61. The third-order valence-corrected chi connectivity index (χ3v) is 5.93. The molecule has 1 aliphatic rings. The number of piperazine rings is 1. The van der Waals surface area contributed by atoms with Crippen LogP contribution in [0.5, 0.6) is 5.75 Å². The summed E-state index contributed by atoms with van der Waals surface area (Å²) in [4.78, 5) is 52.5. The van der Waals surface area contributed by atoms with Gasteiger partial charge in [0.15, 0.2) is 5.78 Å². The predicted octanol–water partition coefficient (Wildman–Crippen LogP) is 3.62. The SMILES string of the molecule is CCC(=O)Oc1ccc(C[C@H](NC(=O)OCc2ccccc2)C(=O)C2CNCCN2C(=O)OC(C)(C)C)cc1. The van der Waals surface area contributed by atoms with Gasteiger partial charge in [0.05, 0.1) is 6.04 Å². The highest BCUT2D eigenvalue weighted by molar-refractivity contribution is 5.94. The number of nitrogens with zero attached hydrogens (tertiary/aromatic N) is 1. The number of amides is 2. The van der Waals surface area contributed by atoms with E-state index in [1.807, 2.05) is 30.3 Å². The van der Waals surface area contributed by atoms with Gasteiger partial charge >= 0.3 is 18.2 Å². The van der Waals surface area contributed by atoms with Crippen molar-refractivity contribution in [3.8, 4) is 5.75 Å². The Hall–Kier alpha value is -3.92. The summed E-state index contributed by atoms with van der Waals surface area (Å²) in [6, 6.07) is 14.1. The van der Waals surface area contributed by atoms with Gasteiger partial charge in [-0.25, -0.2) is 9.59 Å². The molecule has 2 atom stereocenters. The van der Waals surface area contributed by atoms with E-state index < -0.39 is 29.9 Å². The number of ketones is 1. The monoisotopic (exact) mass is 539 g/mol. The lowest BCUT2D eigenvalue weighted by molar-refractivity contribution is -0.134. The van der Waals surface area contributed by atoms with Gasteiger partial charge < -0.3 is 24.8 Å². The quantitative estimate of drug-likeness (QED) is 0.366. The Balaban J connectivity index is 1.78. The second-order valence-corrected chi connectivity index (χ2v) is 10.2. The number of rotatable bonds is 9. The molecule has 1 fully saturated rings. The zero-order valence-electron chi connectivity index (χ0n) is 22.9. The van der Waals surface area contributed by atoms with E-state index in [9.17, 15) is 19.2 Å². The summed E-state index contributed by atoms with van der Waals surface area (Å²) in [5.74, 6) is -0.326. The van der Waals surface area contributed by atoms with E-state index in [1.165, 1.54) is 4.90 Å². The van der Waals surface area contributed by atoms with E-state index in [-0.39, 0.29) is 44.3 Å². The first kappa shape index (κ1) is 29.6. The summed E-state index contributed by atoms with van der Waals surface area (Å²) >= 11 is 0. The van der Waals surface area contributed by atoms with Crippen LogP contribution in [0.2, 0.25) is 0 Å². The number of nitrogens with one attached hydrogen (secondary N) is 2. The lowest BCUT2D eigenvalue weighted by Gasteiger charge is -2.37. The van der Waals surface area contributed by atoms with Gasteiger partial charge in [0, 0.05) is 26.1 Å². The normalized spacial score (nSPS) is 16.1. The van der Waals surface area contributed by atoms with Crippen LogP contribution in [0.4, 0.5) is 9.59 Å². The molecule has 1 unspecified atom stereocenters. The smallest absolute Gasteiger partial charge is 0.410 e. The second-order valence-electron chi connectivity index (χ2n) is 10.2. The van der Waals surface area contributed by atoms with Crippen LogP contribution in [0.3, 0.4) is 0 Å². The fraction of sp³-hybridized carbons (Fsp3) is 0.448. The van der Waals surface area contributed by atoms with Gasteiger partial charge in [-0.15, -0.1) is 0 Å². The van der Waals surface area contributed by atoms with Crippen molar-refractivity contribution >= 4 is 23.9 Å². The van der Waals surface area contributed by atoms with E-state index in [4.69, 9.17) is 14.2 Å². The molecule has 2 amide bonds. The minimum absolute atomic E-state index is 0.0418. The summed E-state index contributed by atoms with van der Waals surface area (Å²) in [6.07, 6.45) is -0.954. The van der Waals surface area contributed by atoms with E-state index >= 15 is 0 Å². The maximum absolute atomic E-state index is 13.8. The topological polar surface area (TPSA) is 123 Å². The first-order chi connectivity index (χ1) is 18.6. The largest absolute Gasteiger partial charge is 0.445 e. The molecule has 10 heteroatoms. The zero-order valence-corrected chi connectivity index (χ0v) is 22.9. The molecule has 1 saturated heterocycles. The molecule has 0 bridgehead atoms. The fourth-order valence-electron chi connectivity index (χ4n) is 3.99. The van der Waals surface area contributed by atoms with Crippen LogP contribution in [-0.2, 0) is 32.1 Å². The van der Waals surface area contributed by atoms with Crippen LogP contribution >= 0.6 is 0 Å². The second kappa shape index (κ2) is 13.7. The van der Waals surface area contributed by atoms with Crippen LogP contribution in [0.25, 0.3) is 0 Å². The molecule has 2 N–H and O–H groups in total. The van der Waals surface area contributed by atoms with Crippen LogP contribution in [-0.4, -0.2) is 66.2 Å². The molecule has 2 aromatic carbocycles. The maximum atomic E-state index is 13.8. The summed E-state index contributed by atoms with van der Waals surface area (Å²) in [6.45, 7) is 8.05. The van der Waals surface area contributed by atoms with Crippen LogP contribution < -0.4 is 15.4 Å². The number of carbonyl (C=O) groups excluding carboxylic acids is 4. The molecule has 0 radical (unpaired) electrons. The van der Waals surface area contributed by atoms with Crippen molar-refractivity contribution in [2.75, 3.05) is 19.6 Å². The van der Waals surface area contributed by atoms with Crippen molar-refractivity contribution in [3.05, 3.63) is 65.7 Å². The molecule has 0 aromatic heterocycles. The minimum Gasteiger partial charge on any atom is -0.445 e. The molecule has 39 heavy (non-hydrogen) atoms. The molecular formula is C29H37N3O7. The fourth-order valence-corrected chi connectivity index (χ4v) is 3.99. The van der Waals surface area contributed by atoms with Gasteiger partial charge in [0.2, 0.25) is 0 Å². The lowest BCUT2D eigenvalue weighted by atomic mass is 9.96. The summed E-state index contributed by atoms with van der Waals surface area (Å²) in [5.41, 5.74) is 0.804. The van der Waals surface area contributed by atoms with Crippen molar-refractivity contribution in [1.82, 2.24) is 15.5 Å². The number of carbonyl (C=O) groups is 4. The highest BCUT2D eigenvalue weighted by Gasteiger charge is 2.38. The van der Waals surface area contributed by atoms with Gasteiger partial charge in [0.1, 0.15) is 24.0 Å². The summed E-state index contributed by atoms with van der Waals surface area (Å²) in [7, 11) is 0. The van der Waals surface area contributed by atoms with Gasteiger partial charge in [-0.3, -0.25) is 14.5 Å². The van der Waals surface area contributed by atoms with Gasteiger partial charge in [-0.05, 0) is 50.5 Å². The molecule has 0 aliphatic carbocycles. The molecule has 210 valence electrons. The third kappa shape index (κ3) is 9.40. The zero-order chi connectivity index (χ0) is 28.4. The summed E-state index contributed by atoms with van der Waals surface area (Å²) in [5, 5.41) is 5.84. The summed E-state index contributed by atoms with van der Waals surface area (Å²) < 4.78 is 16.1.